The van der Waals surface area contributed by atoms with Gasteiger partial charge in [0.2, 0.25) is 0 Å². The van der Waals surface area contributed by atoms with Gasteiger partial charge in [0, 0.05) is 29.2 Å². The normalized spacial score (nSPS) is 10.6. The van der Waals surface area contributed by atoms with Crippen LogP contribution in [0.5, 0.6) is 0 Å². The highest BCUT2D eigenvalue weighted by Crippen LogP contribution is 2.25. The van der Waals surface area contributed by atoms with Crippen molar-refractivity contribution in [2.24, 2.45) is 0 Å². The number of anilines is 1. The van der Waals surface area contributed by atoms with Crippen molar-refractivity contribution in [3.63, 3.8) is 0 Å². The number of nitrogens with one attached hydrogen (secondary N) is 2. The summed E-state index contributed by atoms with van der Waals surface area (Å²) in [4.78, 5) is 26.3. The quantitative estimate of drug-likeness (QED) is 0.806. The molecule has 132 valence electrons. The van der Waals surface area contributed by atoms with E-state index in [2.05, 4.69) is 10.6 Å². The molecule has 0 aliphatic heterocycles. The lowest BCUT2D eigenvalue weighted by Gasteiger charge is -2.11. The molecular formula is C18H19Cl2N3O2. The van der Waals surface area contributed by atoms with E-state index < -0.39 is 0 Å². The van der Waals surface area contributed by atoms with Crippen molar-refractivity contribution in [3.05, 3.63) is 63.6 Å². The van der Waals surface area contributed by atoms with Gasteiger partial charge in [0.25, 0.3) is 11.8 Å². The molecule has 0 unspecified atom stereocenters. The van der Waals surface area contributed by atoms with Crippen LogP contribution in [0, 0.1) is 0 Å². The van der Waals surface area contributed by atoms with Crippen molar-refractivity contribution in [1.29, 1.82) is 0 Å². The van der Waals surface area contributed by atoms with E-state index in [1.165, 1.54) is 0 Å². The fourth-order valence-corrected chi connectivity index (χ4v) is 2.51. The van der Waals surface area contributed by atoms with Gasteiger partial charge in [0.05, 0.1) is 10.7 Å². The minimum atomic E-state index is -0.316. The smallest absolute Gasteiger partial charge is 0.255 e. The lowest BCUT2D eigenvalue weighted by Crippen LogP contribution is -2.31. The number of amides is 2. The summed E-state index contributed by atoms with van der Waals surface area (Å²) >= 11 is 11.9. The van der Waals surface area contributed by atoms with Crippen molar-refractivity contribution < 1.29 is 9.59 Å². The van der Waals surface area contributed by atoms with Crippen LogP contribution < -0.4 is 10.6 Å². The average Bonchev–Trinajstić information content (AvgIpc) is 2.57. The molecule has 0 saturated heterocycles. The number of carbonyl (C=O) groups is 2. The molecular weight excluding hydrogens is 361 g/mol. The zero-order chi connectivity index (χ0) is 18.4. The summed E-state index contributed by atoms with van der Waals surface area (Å²) in [6.45, 7) is 1.32. The summed E-state index contributed by atoms with van der Waals surface area (Å²) in [5, 5.41) is 6.39. The first-order valence-electron chi connectivity index (χ1n) is 7.66. The van der Waals surface area contributed by atoms with E-state index in [4.69, 9.17) is 23.2 Å². The second-order valence-electron chi connectivity index (χ2n) is 5.71. The van der Waals surface area contributed by atoms with Crippen LogP contribution in [0.15, 0.2) is 42.5 Å². The molecule has 2 amide bonds. The lowest BCUT2D eigenvalue weighted by molar-refractivity contribution is 0.0949. The topological polar surface area (TPSA) is 61.4 Å². The predicted molar refractivity (Wildman–Crippen MR) is 102 cm³/mol. The van der Waals surface area contributed by atoms with Crippen molar-refractivity contribution >= 4 is 40.7 Å². The number of carbonyl (C=O) groups excluding carboxylic acids is 2. The molecule has 0 atom stereocenters. The van der Waals surface area contributed by atoms with Crippen LogP contribution in [0.1, 0.15) is 20.7 Å². The Morgan fingerprint density at radius 3 is 2.12 bits per heavy atom. The molecule has 5 nitrogen and oxygen atoms in total. The highest BCUT2D eigenvalue weighted by molar-refractivity contribution is 6.36. The number of halogens is 2. The molecule has 7 heteroatoms. The Hall–Kier alpha value is -2.08. The van der Waals surface area contributed by atoms with Crippen LogP contribution in [0.2, 0.25) is 10.0 Å². The standard InChI is InChI=1S/C18H19Cl2N3O2/c1-23(2)10-9-21-17(24)12-3-5-13(6-4-12)18(25)22-16-8-7-14(19)11-15(16)20/h3-8,11H,9-10H2,1-2H3,(H,21,24)(H,22,25). The van der Waals surface area contributed by atoms with Crippen molar-refractivity contribution in [1.82, 2.24) is 10.2 Å². The number of hydrogen-bond donors (Lipinski definition) is 2. The number of rotatable bonds is 6. The Labute approximate surface area is 156 Å². The van der Waals surface area contributed by atoms with Gasteiger partial charge in [-0.25, -0.2) is 0 Å². The van der Waals surface area contributed by atoms with Gasteiger partial charge in [-0.2, -0.15) is 0 Å². The molecule has 2 aromatic carbocycles. The maximum absolute atomic E-state index is 12.3. The van der Waals surface area contributed by atoms with Crippen molar-refractivity contribution in [3.8, 4) is 0 Å². The highest BCUT2D eigenvalue weighted by Gasteiger charge is 2.11. The molecule has 0 heterocycles. The zero-order valence-corrected chi connectivity index (χ0v) is 15.5. The van der Waals surface area contributed by atoms with Gasteiger partial charge in [0.15, 0.2) is 0 Å². The zero-order valence-electron chi connectivity index (χ0n) is 14.0. The van der Waals surface area contributed by atoms with E-state index in [1.54, 1.807) is 42.5 Å². The monoisotopic (exact) mass is 379 g/mol. The van der Waals surface area contributed by atoms with E-state index in [0.29, 0.717) is 33.4 Å². The van der Waals surface area contributed by atoms with Crippen molar-refractivity contribution in [2.75, 3.05) is 32.5 Å². The van der Waals surface area contributed by atoms with Gasteiger partial charge >= 0.3 is 0 Å². The maximum Gasteiger partial charge on any atom is 0.255 e. The van der Waals surface area contributed by atoms with E-state index in [1.807, 2.05) is 19.0 Å². The molecule has 25 heavy (non-hydrogen) atoms. The Balaban J connectivity index is 1.99. The summed E-state index contributed by atoms with van der Waals surface area (Å²) in [7, 11) is 3.87. The molecule has 0 fully saturated rings. The minimum absolute atomic E-state index is 0.172. The first kappa shape index (κ1) is 19.2. The number of likely N-dealkylation sites (N-methyl/N-ethyl adjacent to an activating group) is 1. The highest BCUT2D eigenvalue weighted by atomic mass is 35.5. The summed E-state index contributed by atoms with van der Waals surface area (Å²) in [6.07, 6.45) is 0. The van der Waals surface area contributed by atoms with E-state index in [-0.39, 0.29) is 11.8 Å². The predicted octanol–water partition coefficient (Wildman–Crippen LogP) is 3.54. The van der Waals surface area contributed by atoms with Gasteiger partial charge < -0.3 is 15.5 Å². The Kier molecular flexibility index (Phi) is 6.82. The largest absolute Gasteiger partial charge is 0.351 e. The number of nitrogens with zero attached hydrogens (tertiary/aromatic N) is 1. The summed E-state index contributed by atoms with van der Waals surface area (Å²) in [5.74, 6) is -0.488. The fourth-order valence-electron chi connectivity index (χ4n) is 2.05. The molecule has 0 aliphatic rings. The fraction of sp³-hybridized carbons (Fsp3) is 0.222. The van der Waals surface area contributed by atoms with E-state index in [0.717, 1.165) is 6.54 Å². The molecule has 0 spiro atoms. The van der Waals surface area contributed by atoms with Gasteiger partial charge in [-0.1, -0.05) is 23.2 Å². The van der Waals surface area contributed by atoms with Crippen LogP contribution >= 0.6 is 23.2 Å². The first-order valence-corrected chi connectivity index (χ1v) is 8.42. The van der Waals surface area contributed by atoms with Gasteiger partial charge in [-0.05, 0) is 56.6 Å². The van der Waals surface area contributed by atoms with Crippen LogP contribution in [0.4, 0.5) is 5.69 Å². The lowest BCUT2D eigenvalue weighted by atomic mass is 10.1. The van der Waals surface area contributed by atoms with Crippen molar-refractivity contribution in [2.45, 2.75) is 0 Å². The third-order valence-corrected chi connectivity index (χ3v) is 3.98. The summed E-state index contributed by atoms with van der Waals surface area (Å²) in [6, 6.07) is 11.3. The maximum atomic E-state index is 12.3. The second kappa shape index (κ2) is 8.85. The molecule has 0 aromatic heterocycles. The molecule has 0 bridgehead atoms. The van der Waals surface area contributed by atoms with E-state index >= 15 is 0 Å². The summed E-state index contributed by atoms with van der Waals surface area (Å²) in [5.41, 5.74) is 1.40. The number of hydrogen-bond acceptors (Lipinski definition) is 3. The Bertz CT molecular complexity index is 761. The Morgan fingerprint density at radius 1 is 0.960 bits per heavy atom. The molecule has 0 aliphatic carbocycles. The Morgan fingerprint density at radius 2 is 1.56 bits per heavy atom. The van der Waals surface area contributed by atoms with Gasteiger partial charge in [-0.3, -0.25) is 9.59 Å². The molecule has 0 radical (unpaired) electrons. The number of benzene rings is 2. The molecule has 2 rings (SSSR count). The minimum Gasteiger partial charge on any atom is -0.351 e. The SMILES string of the molecule is CN(C)CCNC(=O)c1ccc(C(=O)Nc2ccc(Cl)cc2Cl)cc1. The van der Waals surface area contributed by atoms with Crippen LogP contribution in [0.3, 0.4) is 0 Å². The van der Waals surface area contributed by atoms with Crippen LogP contribution in [-0.4, -0.2) is 43.9 Å². The molecule has 0 saturated carbocycles. The first-order chi connectivity index (χ1) is 11.9. The molecule has 2 aromatic rings. The summed E-state index contributed by atoms with van der Waals surface area (Å²) < 4.78 is 0. The average molecular weight is 380 g/mol. The van der Waals surface area contributed by atoms with Gasteiger partial charge in [-0.15, -0.1) is 0 Å². The van der Waals surface area contributed by atoms with E-state index in [9.17, 15) is 9.59 Å². The van der Waals surface area contributed by atoms with Crippen LogP contribution in [0.25, 0.3) is 0 Å². The third-order valence-electron chi connectivity index (χ3n) is 3.43. The molecule has 2 N–H and O–H groups in total. The van der Waals surface area contributed by atoms with Gasteiger partial charge in [0.1, 0.15) is 0 Å². The van der Waals surface area contributed by atoms with Crippen LogP contribution in [-0.2, 0) is 0 Å². The third kappa shape index (κ3) is 5.74. The second-order valence-corrected chi connectivity index (χ2v) is 6.56.